The number of halogens is 4. The Morgan fingerprint density at radius 3 is 2.47 bits per heavy atom. The minimum atomic E-state index is -4.48. The van der Waals surface area contributed by atoms with Crippen molar-refractivity contribution in [2.45, 2.75) is 38.5 Å². The second-order valence-electron chi connectivity index (χ2n) is 6.87. The summed E-state index contributed by atoms with van der Waals surface area (Å²) in [7, 11) is 0. The second kappa shape index (κ2) is 8.60. The molecule has 3 aromatic rings. The number of rotatable bonds is 6. The summed E-state index contributed by atoms with van der Waals surface area (Å²) in [6.07, 6.45) is -4.30. The van der Waals surface area contributed by atoms with Crippen molar-refractivity contribution in [3.05, 3.63) is 76.9 Å². The maximum atomic E-state index is 13.2. The first-order chi connectivity index (χ1) is 14.1. The van der Waals surface area contributed by atoms with Gasteiger partial charge in [-0.3, -0.25) is 4.79 Å². The minimum absolute atomic E-state index is 0.174. The smallest absolute Gasteiger partial charge is 0.348 e. The van der Waals surface area contributed by atoms with Crippen LogP contribution in [0.15, 0.2) is 48.5 Å². The largest absolute Gasteiger partial charge is 0.416 e. The van der Waals surface area contributed by atoms with Gasteiger partial charge in [-0.05, 0) is 59.7 Å². The lowest BCUT2D eigenvalue weighted by Gasteiger charge is -2.21. The summed E-state index contributed by atoms with van der Waals surface area (Å²) in [4.78, 5) is 13.0. The highest BCUT2D eigenvalue weighted by Gasteiger charge is 2.31. The number of nitrogens with one attached hydrogen (secondary N) is 1. The Morgan fingerprint density at radius 2 is 1.87 bits per heavy atom. The predicted octanol–water partition coefficient (Wildman–Crippen LogP) is 3.80. The third-order valence-electron chi connectivity index (χ3n) is 4.67. The van der Waals surface area contributed by atoms with Crippen LogP contribution in [0.5, 0.6) is 0 Å². The van der Waals surface area contributed by atoms with Crippen LogP contribution in [0.3, 0.4) is 0 Å². The second-order valence-corrected chi connectivity index (χ2v) is 6.87. The highest BCUT2D eigenvalue weighted by Crippen LogP contribution is 2.31. The number of carbonyl (C=O) groups excluding carboxylic acids is 1. The fourth-order valence-corrected chi connectivity index (χ4v) is 3.04. The summed E-state index contributed by atoms with van der Waals surface area (Å²) >= 11 is 0. The fourth-order valence-electron chi connectivity index (χ4n) is 3.04. The summed E-state index contributed by atoms with van der Waals surface area (Å²) in [5.41, 5.74) is 0.200. The highest BCUT2D eigenvalue weighted by atomic mass is 19.4. The van der Waals surface area contributed by atoms with Crippen LogP contribution in [-0.2, 0) is 17.4 Å². The molecule has 6 nitrogen and oxygen atoms in total. The van der Waals surface area contributed by atoms with Gasteiger partial charge in [0.2, 0.25) is 5.91 Å². The van der Waals surface area contributed by atoms with Crippen LogP contribution in [-0.4, -0.2) is 26.1 Å². The van der Waals surface area contributed by atoms with Gasteiger partial charge in [-0.2, -0.15) is 13.2 Å². The Bertz CT molecular complexity index is 1020. The van der Waals surface area contributed by atoms with Crippen LogP contribution in [0.1, 0.15) is 41.5 Å². The molecule has 0 aliphatic rings. The normalized spacial score (nSPS) is 13.7. The third kappa shape index (κ3) is 5.00. The van der Waals surface area contributed by atoms with E-state index >= 15 is 0 Å². The van der Waals surface area contributed by atoms with Gasteiger partial charge in [-0.15, -0.1) is 5.10 Å². The van der Waals surface area contributed by atoms with Gasteiger partial charge < -0.3 is 5.32 Å². The number of nitrogens with zero attached hydrogens (tertiary/aromatic N) is 4. The van der Waals surface area contributed by atoms with E-state index in [1.807, 2.05) is 0 Å². The van der Waals surface area contributed by atoms with E-state index in [0.717, 1.165) is 12.1 Å². The first-order valence-electron chi connectivity index (χ1n) is 9.11. The van der Waals surface area contributed by atoms with Crippen LogP contribution in [0.4, 0.5) is 17.6 Å². The molecule has 0 bridgehead atoms. The van der Waals surface area contributed by atoms with Gasteiger partial charge >= 0.3 is 6.18 Å². The molecule has 0 radical (unpaired) electrons. The number of hydrogen-bond donors (Lipinski definition) is 1. The number of carbonyl (C=O) groups is 1. The molecule has 0 aliphatic carbocycles. The van der Waals surface area contributed by atoms with E-state index < -0.39 is 35.5 Å². The molecule has 1 amide bonds. The third-order valence-corrected chi connectivity index (χ3v) is 4.67. The number of hydrogen-bond acceptors (Lipinski definition) is 4. The van der Waals surface area contributed by atoms with Crippen LogP contribution >= 0.6 is 0 Å². The van der Waals surface area contributed by atoms with Crippen molar-refractivity contribution in [2.24, 2.45) is 0 Å². The van der Waals surface area contributed by atoms with Crippen molar-refractivity contribution in [3.8, 4) is 0 Å². The summed E-state index contributed by atoms with van der Waals surface area (Å²) in [5.74, 6) is -0.486. The first-order valence-corrected chi connectivity index (χ1v) is 9.11. The highest BCUT2D eigenvalue weighted by molar-refractivity contribution is 5.81. The zero-order valence-corrected chi connectivity index (χ0v) is 16.2. The van der Waals surface area contributed by atoms with E-state index in [0.29, 0.717) is 17.0 Å². The molecule has 1 aromatic heterocycles. The maximum Gasteiger partial charge on any atom is 0.416 e. The number of alkyl halides is 3. The van der Waals surface area contributed by atoms with Gasteiger partial charge in [0.15, 0.2) is 0 Å². The van der Waals surface area contributed by atoms with Crippen molar-refractivity contribution >= 4 is 5.91 Å². The van der Waals surface area contributed by atoms with Crippen LogP contribution < -0.4 is 5.32 Å². The van der Waals surface area contributed by atoms with Crippen LogP contribution in [0.2, 0.25) is 0 Å². The number of benzene rings is 2. The Balaban J connectivity index is 1.83. The van der Waals surface area contributed by atoms with Crippen molar-refractivity contribution < 1.29 is 22.4 Å². The lowest BCUT2D eigenvalue weighted by atomic mass is 10.0. The Labute approximate surface area is 169 Å². The summed E-state index contributed by atoms with van der Waals surface area (Å²) < 4.78 is 53.5. The number of aryl methyl sites for hydroxylation is 1. The van der Waals surface area contributed by atoms with Gasteiger partial charge in [0.25, 0.3) is 0 Å². The summed E-state index contributed by atoms with van der Waals surface area (Å²) in [6.45, 7) is 3.22. The number of tetrazole rings is 1. The van der Waals surface area contributed by atoms with Crippen LogP contribution in [0, 0.1) is 12.7 Å². The van der Waals surface area contributed by atoms with Crippen molar-refractivity contribution in [3.63, 3.8) is 0 Å². The minimum Gasteiger partial charge on any atom is -0.348 e. The molecule has 10 heteroatoms. The van der Waals surface area contributed by atoms with E-state index in [9.17, 15) is 22.4 Å². The quantitative estimate of drug-likeness (QED) is 0.615. The average Bonchev–Trinajstić information content (AvgIpc) is 3.12. The molecule has 2 atom stereocenters. The van der Waals surface area contributed by atoms with Gasteiger partial charge in [0.05, 0.1) is 11.6 Å². The van der Waals surface area contributed by atoms with Crippen molar-refractivity contribution in [2.75, 3.05) is 0 Å². The van der Waals surface area contributed by atoms with E-state index in [2.05, 4.69) is 20.8 Å². The molecule has 0 saturated carbocycles. The molecule has 158 valence electrons. The SMILES string of the molecule is Cc1nnnn1C(Cc1ccc(F)cc1)C(=O)NC(C)c1cccc(C(F)(F)F)c1. The van der Waals surface area contributed by atoms with Crippen LogP contribution in [0.25, 0.3) is 0 Å². The standard InChI is InChI=1S/C20H19F4N5O/c1-12(15-4-3-5-16(11-15)20(22,23)24)25-19(30)18(29-13(2)26-27-28-29)10-14-6-8-17(21)9-7-14/h3-9,11-12,18H,10H2,1-2H3,(H,25,30). The van der Waals surface area contributed by atoms with Gasteiger partial charge in [-0.1, -0.05) is 24.3 Å². The topological polar surface area (TPSA) is 72.7 Å². The van der Waals surface area contributed by atoms with Crippen molar-refractivity contribution in [1.82, 2.24) is 25.5 Å². The Morgan fingerprint density at radius 1 is 1.17 bits per heavy atom. The monoisotopic (exact) mass is 421 g/mol. The molecule has 30 heavy (non-hydrogen) atoms. The zero-order chi connectivity index (χ0) is 21.9. The maximum absolute atomic E-state index is 13.2. The van der Waals surface area contributed by atoms with Gasteiger partial charge in [-0.25, -0.2) is 9.07 Å². The Kier molecular flexibility index (Phi) is 6.14. The molecule has 3 rings (SSSR count). The molecule has 2 aromatic carbocycles. The molecule has 1 heterocycles. The molecule has 0 aliphatic heterocycles. The lowest BCUT2D eigenvalue weighted by molar-refractivity contribution is -0.137. The summed E-state index contributed by atoms with van der Waals surface area (Å²) in [6, 6.07) is 8.88. The van der Waals surface area contributed by atoms with E-state index in [1.54, 1.807) is 26.0 Å². The molecule has 0 spiro atoms. The Hall–Kier alpha value is -3.30. The molecule has 0 fully saturated rings. The molecular weight excluding hydrogens is 402 g/mol. The van der Waals surface area contributed by atoms with Crippen molar-refractivity contribution in [1.29, 1.82) is 0 Å². The lowest BCUT2D eigenvalue weighted by Crippen LogP contribution is -2.36. The summed E-state index contributed by atoms with van der Waals surface area (Å²) in [5, 5.41) is 13.9. The molecule has 0 saturated heterocycles. The number of aromatic nitrogens is 4. The fraction of sp³-hybridized carbons (Fsp3) is 0.300. The van der Waals surface area contributed by atoms with E-state index in [4.69, 9.17) is 0 Å². The first kappa shape index (κ1) is 21.4. The molecule has 1 N–H and O–H groups in total. The van der Waals surface area contributed by atoms with Gasteiger partial charge in [0.1, 0.15) is 17.7 Å². The molecule has 2 unspecified atom stereocenters. The van der Waals surface area contributed by atoms with E-state index in [1.165, 1.54) is 28.9 Å². The zero-order valence-electron chi connectivity index (χ0n) is 16.2. The van der Waals surface area contributed by atoms with Gasteiger partial charge in [0, 0.05) is 6.42 Å². The van der Waals surface area contributed by atoms with E-state index in [-0.39, 0.29) is 6.42 Å². The molecular formula is C20H19F4N5O. The average molecular weight is 421 g/mol. The predicted molar refractivity (Wildman–Crippen MR) is 99.7 cm³/mol. The number of amides is 1.